The lowest BCUT2D eigenvalue weighted by atomic mass is 10.1. The van der Waals surface area contributed by atoms with Gasteiger partial charge in [0.25, 0.3) is 0 Å². The number of carbonyl (C=O) groups is 1. The lowest BCUT2D eigenvalue weighted by Crippen LogP contribution is -2.28. The Morgan fingerprint density at radius 3 is 2.52 bits per heavy atom. The monoisotopic (exact) mass is 391 g/mol. The van der Waals surface area contributed by atoms with Crippen molar-refractivity contribution in [3.63, 3.8) is 0 Å². The second-order valence-electron chi connectivity index (χ2n) is 7.53. The Kier molecular flexibility index (Phi) is 5.17. The van der Waals surface area contributed by atoms with Gasteiger partial charge in [0.15, 0.2) is 5.82 Å². The fourth-order valence-corrected chi connectivity index (χ4v) is 3.95. The highest BCUT2D eigenvalue weighted by atomic mass is 16.3. The molecule has 150 valence electrons. The molecule has 3 aromatic rings. The van der Waals surface area contributed by atoms with E-state index < -0.39 is 12.0 Å². The van der Waals surface area contributed by atoms with Crippen molar-refractivity contribution in [2.24, 2.45) is 11.5 Å². The Balaban J connectivity index is 1.81. The molecule has 1 amide bonds. The zero-order valence-electron chi connectivity index (χ0n) is 16.3. The van der Waals surface area contributed by atoms with Crippen LogP contribution in [0.15, 0.2) is 48.5 Å². The molecule has 29 heavy (non-hydrogen) atoms. The fraction of sp³-hybridized carbons (Fsp3) is 0.318. The zero-order valence-corrected chi connectivity index (χ0v) is 16.3. The highest BCUT2D eigenvalue weighted by Gasteiger charge is 2.35. The third-order valence-corrected chi connectivity index (χ3v) is 5.60. The zero-order chi connectivity index (χ0) is 20.5. The number of aliphatic hydroxyl groups excluding tert-OH is 1. The molecule has 1 fully saturated rings. The Morgan fingerprint density at radius 2 is 1.90 bits per heavy atom. The van der Waals surface area contributed by atoms with E-state index in [1.54, 1.807) is 24.3 Å². The first-order valence-corrected chi connectivity index (χ1v) is 9.87. The van der Waals surface area contributed by atoms with E-state index >= 15 is 0 Å². The predicted octanol–water partition coefficient (Wildman–Crippen LogP) is 2.16. The third-order valence-electron chi connectivity index (χ3n) is 5.60. The summed E-state index contributed by atoms with van der Waals surface area (Å²) in [7, 11) is 0. The lowest BCUT2D eigenvalue weighted by molar-refractivity contribution is 0.100. The number of aliphatic hydroxyl groups is 1. The van der Waals surface area contributed by atoms with Crippen LogP contribution in [0.1, 0.15) is 47.4 Å². The Labute approximate surface area is 169 Å². The number of nitrogens with two attached hydrogens (primary N) is 2. The predicted molar refractivity (Wildman–Crippen MR) is 111 cm³/mol. The number of aromatic nitrogens is 3. The molecule has 5 N–H and O–H groups in total. The summed E-state index contributed by atoms with van der Waals surface area (Å²) in [5, 5.41) is 15.0. The van der Waals surface area contributed by atoms with Crippen LogP contribution in [-0.2, 0) is 6.42 Å². The highest BCUT2D eigenvalue weighted by molar-refractivity contribution is 5.93. The topological polar surface area (TPSA) is 120 Å². The van der Waals surface area contributed by atoms with E-state index in [4.69, 9.17) is 21.5 Å². The molecule has 1 saturated carbocycles. The van der Waals surface area contributed by atoms with E-state index in [0.29, 0.717) is 24.2 Å². The van der Waals surface area contributed by atoms with Gasteiger partial charge in [0.2, 0.25) is 5.91 Å². The molecule has 1 aromatic heterocycles. The van der Waals surface area contributed by atoms with Gasteiger partial charge >= 0.3 is 0 Å². The van der Waals surface area contributed by atoms with Gasteiger partial charge in [-0.05, 0) is 43.0 Å². The molecular weight excluding hydrogens is 366 g/mol. The number of rotatable bonds is 5. The van der Waals surface area contributed by atoms with Crippen LogP contribution in [0, 0.1) is 0 Å². The summed E-state index contributed by atoms with van der Waals surface area (Å²) in [5.41, 5.74) is 14.8. The number of hydrogen-bond donors (Lipinski definition) is 3. The number of primary amides is 1. The van der Waals surface area contributed by atoms with Gasteiger partial charge in [-0.15, -0.1) is 5.10 Å². The van der Waals surface area contributed by atoms with E-state index in [1.807, 2.05) is 22.9 Å². The number of aryl methyl sites for hydroxylation is 1. The van der Waals surface area contributed by atoms with Crippen molar-refractivity contribution in [2.45, 2.75) is 44.2 Å². The summed E-state index contributed by atoms with van der Waals surface area (Å²) in [6.07, 6.45) is 1.55. The van der Waals surface area contributed by atoms with Crippen LogP contribution < -0.4 is 11.5 Å². The smallest absolute Gasteiger partial charge is 0.248 e. The minimum absolute atomic E-state index is 0.0241. The van der Waals surface area contributed by atoms with Crippen molar-refractivity contribution >= 4 is 5.91 Å². The van der Waals surface area contributed by atoms with Crippen LogP contribution in [0.25, 0.3) is 17.1 Å². The number of carbonyl (C=O) groups excluding carboxylic acids is 1. The molecule has 4 rings (SSSR count). The van der Waals surface area contributed by atoms with Crippen molar-refractivity contribution in [1.82, 2.24) is 14.8 Å². The van der Waals surface area contributed by atoms with Gasteiger partial charge in [-0.3, -0.25) is 4.79 Å². The van der Waals surface area contributed by atoms with Crippen molar-refractivity contribution in [3.05, 3.63) is 65.5 Å². The van der Waals surface area contributed by atoms with Gasteiger partial charge < -0.3 is 16.6 Å². The molecule has 0 radical (unpaired) electrons. The fourth-order valence-electron chi connectivity index (χ4n) is 3.95. The van der Waals surface area contributed by atoms with E-state index in [1.165, 1.54) is 0 Å². The standard InChI is InChI=1S/C22H25N5O2/c1-2-13-5-3-4-6-18(13)27-22(16-11-17(23)19(28)12-16)25-21(26-27)15-9-7-14(8-10-15)20(24)29/h3-10,16-17,19,28H,2,11-12,23H2,1H3,(H2,24,29)/t16-,17-,19-/m0/s1. The summed E-state index contributed by atoms with van der Waals surface area (Å²) in [6, 6.07) is 14.8. The van der Waals surface area contributed by atoms with E-state index in [9.17, 15) is 9.90 Å². The SMILES string of the molecule is CCc1ccccc1-n1nc(-c2ccc(C(N)=O)cc2)nc1[C@H]1C[C@H](N)[C@@H](O)C1. The summed E-state index contributed by atoms with van der Waals surface area (Å²) < 4.78 is 1.88. The second-order valence-corrected chi connectivity index (χ2v) is 7.53. The largest absolute Gasteiger partial charge is 0.391 e. The van der Waals surface area contributed by atoms with E-state index in [-0.39, 0.29) is 12.0 Å². The molecule has 1 aliphatic carbocycles. The summed E-state index contributed by atoms with van der Waals surface area (Å²) >= 11 is 0. The van der Waals surface area contributed by atoms with Gasteiger partial charge in [0.05, 0.1) is 11.8 Å². The maximum absolute atomic E-state index is 11.3. The Morgan fingerprint density at radius 1 is 1.17 bits per heavy atom. The summed E-state index contributed by atoms with van der Waals surface area (Å²) in [6.45, 7) is 2.11. The number of para-hydroxylation sites is 1. The molecule has 3 atom stereocenters. The Hall–Kier alpha value is -3.03. The summed E-state index contributed by atoms with van der Waals surface area (Å²) in [5.74, 6) is 0.918. The van der Waals surface area contributed by atoms with Crippen LogP contribution in [0.3, 0.4) is 0 Å². The van der Waals surface area contributed by atoms with E-state index in [2.05, 4.69) is 13.0 Å². The third kappa shape index (κ3) is 3.66. The summed E-state index contributed by atoms with van der Waals surface area (Å²) in [4.78, 5) is 16.2. The highest BCUT2D eigenvalue weighted by Crippen LogP contribution is 2.35. The Bertz CT molecular complexity index is 1020. The van der Waals surface area contributed by atoms with Crippen LogP contribution in [-0.4, -0.2) is 37.9 Å². The molecule has 0 unspecified atom stereocenters. The maximum Gasteiger partial charge on any atom is 0.248 e. The molecule has 0 saturated heterocycles. The average Bonchev–Trinajstić information content (AvgIpc) is 3.31. The van der Waals surface area contributed by atoms with Crippen LogP contribution in [0.4, 0.5) is 0 Å². The van der Waals surface area contributed by atoms with Gasteiger partial charge in [0, 0.05) is 23.1 Å². The first-order chi connectivity index (χ1) is 14.0. The molecule has 2 aromatic carbocycles. The number of nitrogens with zero attached hydrogens (tertiary/aromatic N) is 3. The number of amides is 1. The molecular formula is C22H25N5O2. The number of benzene rings is 2. The molecule has 7 nitrogen and oxygen atoms in total. The minimum atomic E-state index is -0.537. The molecule has 0 spiro atoms. The first kappa shape index (κ1) is 19.3. The average molecular weight is 391 g/mol. The maximum atomic E-state index is 11.3. The quantitative estimate of drug-likeness (QED) is 0.616. The van der Waals surface area contributed by atoms with Crippen molar-refractivity contribution < 1.29 is 9.90 Å². The molecule has 7 heteroatoms. The van der Waals surface area contributed by atoms with Gasteiger partial charge in [-0.25, -0.2) is 9.67 Å². The second kappa shape index (κ2) is 7.77. The van der Waals surface area contributed by atoms with Crippen LogP contribution in [0.2, 0.25) is 0 Å². The van der Waals surface area contributed by atoms with Gasteiger partial charge in [0.1, 0.15) is 5.82 Å². The van der Waals surface area contributed by atoms with Crippen molar-refractivity contribution in [3.8, 4) is 17.1 Å². The molecule has 0 aliphatic heterocycles. The number of hydrogen-bond acceptors (Lipinski definition) is 5. The molecule has 1 aliphatic rings. The molecule has 0 bridgehead atoms. The first-order valence-electron chi connectivity index (χ1n) is 9.87. The van der Waals surface area contributed by atoms with Gasteiger partial charge in [-0.2, -0.15) is 0 Å². The van der Waals surface area contributed by atoms with Crippen molar-refractivity contribution in [1.29, 1.82) is 0 Å². The molecule has 1 heterocycles. The van der Waals surface area contributed by atoms with Crippen LogP contribution >= 0.6 is 0 Å². The minimum Gasteiger partial charge on any atom is -0.391 e. The van der Waals surface area contributed by atoms with Gasteiger partial charge in [-0.1, -0.05) is 37.3 Å². The van der Waals surface area contributed by atoms with E-state index in [0.717, 1.165) is 29.1 Å². The normalized spacial score (nSPS) is 21.4. The van der Waals surface area contributed by atoms with Crippen LogP contribution in [0.5, 0.6) is 0 Å². The lowest BCUT2D eigenvalue weighted by Gasteiger charge is -2.13. The van der Waals surface area contributed by atoms with Crippen molar-refractivity contribution in [2.75, 3.05) is 0 Å².